The van der Waals surface area contributed by atoms with Crippen molar-refractivity contribution < 1.29 is 18.4 Å². The monoisotopic (exact) mass is 371 g/mol. The summed E-state index contributed by atoms with van der Waals surface area (Å²) < 4.78 is 17.8. The largest absolute Gasteiger partial charge is 0.451 e. The van der Waals surface area contributed by atoms with Crippen molar-refractivity contribution >= 4 is 5.91 Å². The van der Waals surface area contributed by atoms with Crippen molar-refractivity contribution in [1.29, 1.82) is 0 Å². The molecule has 0 radical (unpaired) electrons. The second-order valence-electron chi connectivity index (χ2n) is 6.31. The van der Waals surface area contributed by atoms with E-state index in [0.29, 0.717) is 50.7 Å². The molecule has 4 heterocycles. The van der Waals surface area contributed by atoms with Crippen LogP contribution in [0.25, 0.3) is 11.4 Å². The zero-order valence-corrected chi connectivity index (χ0v) is 15.3. The number of hydrogen-bond acceptors (Lipinski definition) is 7. The van der Waals surface area contributed by atoms with Crippen LogP contribution >= 0.6 is 0 Å². The first kappa shape index (κ1) is 17.5. The number of carbonyl (C=O) groups is 1. The molecule has 0 N–H and O–H groups in total. The van der Waals surface area contributed by atoms with E-state index in [1.165, 1.54) is 12.8 Å². The third-order valence-electron chi connectivity index (χ3n) is 4.69. The summed E-state index contributed by atoms with van der Waals surface area (Å²) >= 11 is 0. The maximum atomic E-state index is 12.8. The van der Waals surface area contributed by atoms with Crippen LogP contribution in [0.2, 0.25) is 0 Å². The summed E-state index contributed by atoms with van der Waals surface area (Å²) in [7, 11) is 0. The Morgan fingerprint density at radius 1 is 1.33 bits per heavy atom. The van der Waals surface area contributed by atoms with E-state index in [9.17, 15) is 4.79 Å². The van der Waals surface area contributed by atoms with Crippen molar-refractivity contribution in [2.24, 2.45) is 0 Å². The van der Waals surface area contributed by atoms with Gasteiger partial charge in [0.1, 0.15) is 17.7 Å². The normalized spacial score (nSPS) is 13.8. The quantitative estimate of drug-likeness (QED) is 0.612. The van der Waals surface area contributed by atoms with Gasteiger partial charge >= 0.3 is 0 Å². The van der Waals surface area contributed by atoms with Crippen LogP contribution in [-0.4, -0.2) is 50.3 Å². The van der Waals surface area contributed by atoms with Gasteiger partial charge in [-0.2, -0.15) is 5.10 Å². The summed E-state index contributed by atoms with van der Waals surface area (Å²) in [4.78, 5) is 22.8. The van der Waals surface area contributed by atoms with Gasteiger partial charge in [0.15, 0.2) is 12.8 Å². The Hall–Kier alpha value is -2.94. The summed E-state index contributed by atoms with van der Waals surface area (Å²) in [6.45, 7) is 6.66. The van der Waals surface area contributed by atoms with E-state index in [0.717, 1.165) is 17.0 Å². The molecule has 3 aromatic rings. The second kappa shape index (κ2) is 7.36. The number of oxazole rings is 2. The molecule has 0 spiro atoms. The van der Waals surface area contributed by atoms with Gasteiger partial charge in [0.05, 0.1) is 25.4 Å². The summed E-state index contributed by atoms with van der Waals surface area (Å²) in [6.07, 6.45) is 4.94. The molecule has 0 bridgehead atoms. The molecular formula is C18H21N5O4. The molecule has 1 aliphatic rings. The summed E-state index contributed by atoms with van der Waals surface area (Å²) in [5.74, 6) is 0.119. The number of hydrogen-bond donors (Lipinski definition) is 0. The van der Waals surface area contributed by atoms with Crippen molar-refractivity contribution in [3.63, 3.8) is 0 Å². The third kappa shape index (κ3) is 3.25. The molecule has 0 aliphatic carbocycles. The van der Waals surface area contributed by atoms with E-state index in [1.54, 1.807) is 18.1 Å². The van der Waals surface area contributed by atoms with Gasteiger partial charge in [-0.15, -0.1) is 0 Å². The standard InChI is InChI=1S/C18H21N5O4/c1-3-25-7-6-23-15-4-5-22(18(24)17-12(2)19-11-27-17)8-13(15)16(21-23)14-9-26-10-20-14/h9-11H,3-8H2,1-2H3. The molecule has 0 atom stereocenters. The fourth-order valence-corrected chi connectivity index (χ4v) is 3.33. The maximum absolute atomic E-state index is 12.8. The van der Waals surface area contributed by atoms with Gasteiger partial charge in [0.2, 0.25) is 5.76 Å². The minimum atomic E-state index is -0.163. The van der Waals surface area contributed by atoms with Gasteiger partial charge < -0.3 is 18.5 Å². The first-order valence-corrected chi connectivity index (χ1v) is 8.93. The van der Waals surface area contributed by atoms with Crippen molar-refractivity contribution in [3.8, 4) is 11.4 Å². The molecule has 1 amide bonds. The topological polar surface area (TPSA) is 99.4 Å². The number of carbonyl (C=O) groups excluding carboxylic acids is 1. The van der Waals surface area contributed by atoms with Crippen molar-refractivity contribution in [2.45, 2.75) is 33.4 Å². The van der Waals surface area contributed by atoms with E-state index in [-0.39, 0.29) is 11.7 Å². The number of aryl methyl sites for hydroxylation is 1. The molecule has 0 unspecified atom stereocenters. The number of fused-ring (bicyclic) bond motifs is 1. The molecule has 0 saturated carbocycles. The lowest BCUT2D eigenvalue weighted by Crippen LogP contribution is -2.36. The average molecular weight is 371 g/mol. The fraction of sp³-hybridized carbons (Fsp3) is 0.444. The molecule has 0 fully saturated rings. The Bertz CT molecular complexity index is 928. The first-order chi connectivity index (χ1) is 13.2. The van der Waals surface area contributed by atoms with E-state index >= 15 is 0 Å². The van der Waals surface area contributed by atoms with Crippen LogP contribution < -0.4 is 0 Å². The number of nitrogens with zero attached hydrogens (tertiary/aromatic N) is 5. The van der Waals surface area contributed by atoms with Crippen molar-refractivity contribution in [3.05, 3.63) is 41.8 Å². The van der Waals surface area contributed by atoms with E-state index in [1.807, 2.05) is 11.6 Å². The van der Waals surface area contributed by atoms with Crippen LogP contribution in [0.15, 0.2) is 27.9 Å². The van der Waals surface area contributed by atoms with Crippen LogP contribution in [-0.2, 0) is 24.2 Å². The number of amides is 1. The zero-order valence-electron chi connectivity index (χ0n) is 15.3. The van der Waals surface area contributed by atoms with Crippen LogP contribution in [0.4, 0.5) is 0 Å². The van der Waals surface area contributed by atoms with Crippen LogP contribution in [0, 0.1) is 6.92 Å². The number of rotatable bonds is 6. The molecule has 4 rings (SSSR count). The van der Waals surface area contributed by atoms with Crippen LogP contribution in [0.5, 0.6) is 0 Å². The molecule has 9 heteroatoms. The predicted molar refractivity (Wildman–Crippen MR) is 93.9 cm³/mol. The van der Waals surface area contributed by atoms with Gasteiger partial charge in [-0.05, 0) is 13.8 Å². The molecule has 0 aromatic carbocycles. The molecular weight excluding hydrogens is 350 g/mol. The molecule has 9 nitrogen and oxygen atoms in total. The Labute approximate surface area is 155 Å². The van der Waals surface area contributed by atoms with Gasteiger partial charge in [0, 0.05) is 30.8 Å². The van der Waals surface area contributed by atoms with Gasteiger partial charge in [0.25, 0.3) is 5.91 Å². The fourth-order valence-electron chi connectivity index (χ4n) is 3.33. The molecule has 1 aliphatic heterocycles. The SMILES string of the molecule is CCOCCn1nc(-c2cocn2)c2c1CCN(C(=O)c1ocnc1C)C2. The summed E-state index contributed by atoms with van der Waals surface area (Å²) in [5.41, 5.74) is 4.08. The average Bonchev–Trinajstić information content (AvgIpc) is 3.41. The Kier molecular flexibility index (Phi) is 4.76. The predicted octanol–water partition coefficient (Wildman–Crippen LogP) is 2.07. The Morgan fingerprint density at radius 3 is 2.93 bits per heavy atom. The van der Waals surface area contributed by atoms with Gasteiger partial charge in [-0.1, -0.05) is 0 Å². The highest BCUT2D eigenvalue weighted by Crippen LogP contribution is 2.30. The van der Waals surface area contributed by atoms with Crippen molar-refractivity contribution in [1.82, 2.24) is 24.6 Å². The summed E-state index contributed by atoms with van der Waals surface area (Å²) in [5, 5.41) is 4.72. The number of ether oxygens (including phenoxy) is 1. The smallest absolute Gasteiger partial charge is 0.291 e. The van der Waals surface area contributed by atoms with E-state index < -0.39 is 0 Å². The van der Waals surface area contributed by atoms with Crippen molar-refractivity contribution in [2.75, 3.05) is 19.8 Å². The summed E-state index contributed by atoms with van der Waals surface area (Å²) in [6, 6.07) is 0. The zero-order chi connectivity index (χ0) is 18.8. The highest BCUT2D eigenvalue weighted by Gasteiger charge is 2.31. The van der Waals surface area contributed by atoms with Gasteiger partial charge in [-0.3, -0.25) is 9.48 Å². The second-order valence-corrected chi connectivity index (χ2v) is 6.31. The van der Waals surface area contributed by atoms with Crippen LogP contribution in [0.3, 0.4) is 0 Å². The van der Waals surface area contributed by atoms with E-state index in [4.69, 9.17) is 18.7 Å². The highest BCUT2D eigenvalue weighted by atomic mass is 16.5. The Morgan fingerprint density at radius 2 is 2.22 bits per heavy atom. The lowest BCUT2D eigenvalue weighted by atomic mass is 10.0. The molecule has 3 aromatic heterocycles. The molecule has 0 saturated heterocycles. The lowest BCUT2D eigenvalue weighted by Gasteiger charge is -2.27. The minimum Gasteiger partial charge on any atom is -0.451 e. The third-order valence-corrected chi connectivity index (χ3v) is 4.69. The number of aromatic nitrogens is 4. The van der Waals surface area contributed by atoms with Crippen LogP contribution in [0.1, 0.15) is 34.4 Å². The lowest BCUT2D eigenvalue weighted by molar-refractivity contribution is 0.0699. The highest BCUT2D eigenvalue weighted by molar-refractivity contribution is 5.92. The Balaban J connectivity index is 1.65. The maximum Gasteiger partial charge on any atom is 0.291 e. The molecule has 27 heavy (non-hydrogen) atoms. The van der Waals surface area contributed by atoms with E-state index in [2.05, 4.69) is 9.97 Å². The van der Waals surface area contributed by atoms with Gasteiger partial charge in [-0.25, -0.2) is 9.97 Å². The minimum absolute atomic E-state index is 0.163. The molecule has 142 valence electrons. The first-order valence-electron chi connectivity index (χ1n) is 8.93.